The van der Waals surface area contributed by atoms with Crippen molar-refractivity contribution in [2.45, 2.75) is 20.8 Å². The number of aromatic amines is 1. The smallest absolute Gasteiger partial charge is 0.289 e. The Morgan fingerprint density at radius 2 is 1.92 bits per heavy atom. The molecule has 1 amide bonds. The summed E-state index contributed by atoms with van der Waals surface area (Å²) >= 11 is 0. The summed E-state index contributed by atoms with van der Waals surface area (Å²) in [4.78, 5) is 42.6. The number of aryl methyl sites for hydroxylation is 1. The van der Waals surface area contributed by atoms with E-state index >= 15 is 0 Å². The van der Waals surface area contributed by atoms with Crippen LogP contribution in [-0.4, -0.2) is 60.1 Å². The van der Waals surface area contributed by atoms with Crippen LogP contribution < -0.4 is 4.90 Å². The molecular weight excluding hydrogens is 334 g/mol. The summed E-state index contributed by atoms with van der Waals surface area (Å²) in [5, 5.41) is 0. The van der Waals surface area contributed by atoms with Gasteiger partial charge >= 0.3 is 0 Å². The lowest BCUT2D eigenvalue weighted by molar-refractivity contribution is -0.895. The highest BCUT2D eigenvalue weighted by atomic mass is 16.3. The second kappa shape index (κ2) is 7.29. The third kappa shape index (κ3) is 3.48. The molecule has 0 aliphatic carbocycles. The van der Waals surface area contributed by atoms with Crippen LogP contribution in [0, 0.1) is 13.8 Å². The van der Waals surface area contributed by atoms with Gasteiger partial charge in [0.2, 0.25) is 5.78 Å². The van der Waals surface area contributed by atoms with Crippen molar-refractivity contribution in [3.8, 4) is 0 Å². The number of nitrogens with one attached hydrogen (secondary N) is 2. The molecule has 1 saturated heterocycles. The molecule has 0 bridgehead atoms. The molecule has 3 heterocycles. The minimum atomic E-state index is -0.109. The van der Waals surface area contributed by atoms with E-state index in [4.69, 9.17) is 4.42 Å². The van der Waals surface area contributed by atoms with Gasteiger partial charge in [-0.25, -0.2) is 0 Å². The summed E-state index contributed by atoms with van der Waals surface area (Å²) in [6.45, 7) is 8.06. The number of hydrogen-bond donors (Lipinski definition) is 2. The summed E-state index contributed by atoms with van der Waals surface area (Å²) in [5.41, 5.74) is 2.60. The first-order valence-corrected chi connectivity index (χ1v) is 8.78. The predicted octanol–water partition coefficient (Wildman–Crippen LogP) is 0.651. The number of piperazine rings is 1. The number of amides is 1. The van der Waals surface area contributed by atoms with Gasteiger partial charge in [-0.15, -0.1) is 0 Å². The summed E-state index contributed by atoms with van der Waals surface area (Å²) < 4.78 is 5.16. The van der Waals surface area contributed by atoms with E-state index in [0.29, 0.717) is 49.7 Å². The topological polar surface area (TPSA) is 87.8 Å². The Labute approximate surface area is 152 Å². The van der Waals surface area contributed by atoms with Gasteiger partial charge in [-0.3, -0.25) is 14.4 Å². The molecule has 0 spiro atoms. The fourth-order valence-corrected chi connectivity index (χ4v) is 3.63. The number of aromatic nitrogens is 1. The Balaban J connectivity index is 1.60. The van der Waals surface area contributed by atoms with E-state index in [9.17, 15) is 14.4 Å². The Kier molecular flexibility index (Phi) is 5.08. The Morgan fingerprint density at radius 1 is 1.23 bits per heavy atom. The van der Waals surface area contributed by atoms with Gasteiger partial charge in [0.1, 0.15) is 6.54 Å². The first kappa shape index (κ1) is 18.1. The molecular formula is C19H24N3O4+. The van der Waals surface area contributed by atoms with Crippen molar-refractivity contribution in [1.29, 1.82) is 0 Å². The van der Waals surface area contributed by atoms with Crippen LogP contribution in [0.1, 0.15) is 49.6 Å². The van der Waals surface area contributed by atoms with Crippen LogP contribution >= 0.6 is 0 Å². The summed E-state index contributed by atoms with van der Waals surface area (Å²) in [6, 6.07) is 3.36. The minimum absolute atomic E-state index is 0.00101. The SMILES string of the molecule is CC(=O)c1c(C)[nH]c(C(=O)C[NH+]2CCN(C(=O)c3ccco3)CC2)c1C. The molecule has 7 nitrogen and oxygen atoms in total. The molecule has 26 heavy (non-hydrogen) atoms. The number of quaternary nitrogens is 1. The van der Waals surface area contributed by atoms with Crippen molar-refractivity contribution in [3.05, 3.63) is 46.7 Å². The lowest BCUT2D eigenvalue weighted by atomic mass is 10.1. The van der Waals surface area contributed by atoms with E-state index in [-0.39, 0.29) is 17.5 Å². The molecule has 138 valence electrons. The third-order valence-corrected chi connectivity index (χ3v) is 4.97. The Bertz CT molecular complexity index is 827. The summed E-state index contributed by atoms with van der Waals surface area (Å²) in [7, 11) is 0. The molecule has 1 aliphatic heterocycles. The van der Waals surface area contributed by atoms with Crippen molar-refractivity contribution in [1.82, 2.24) is 9.88 Å². The lowest BCUT2D eigenvalue weighted by Crippen LogP contribution is -3.15. The highest BCUT2D eigenvalue weighted by molar-refractivity contribution is 6.03. The minimum Gasteiger partial charge on any atom is -0.459 e. The average molecular weight is 358 g/mol. The first-order valence-electron chi connectivity index (χ1n) is 8.78. The number of rotatable bonds is 5. The van der Waals surface area contributed by atoms with E-state index in [1.54, 1.807) is 17.0 Å². The van der Waals surface area contributed by atoms with Crippen LogP contribution in [0.15, 0.2) is 22.8 Å². The standard InChI is InChI=1S/C19H23N3O4/c1-12-17(14(3)23)13(2)20-18(12)15(24)11-21-6-8-22(9-7-21)19(25)16-5-4-10-26-16/h4-5,10,20H,6-9,11H2,1-3H3/p+1. The van der Waals surface area contributed by atoms with Crippen LogP contribution in [-0.2, 0) is 0 Å². The molecule has 0 unspecified atom stereocenters. The maximum Gasteiger partial charge on any atom is 0.289 e. The predicted molar refractivity (Wildman–Crippen MR) is 94.8 cm³/mol. The van der Waals surface area contributed by atoms with E-state index < -0.39 is 0 Å². The van der Waals surface area contributed by atoms with Crippen LogP contribution in [0.25, 0.3) is 0 Å². The van der Waals surface area contributed by atoms with E-state index in [1.807, 2.05) is 13.8 Å². The maximum atomic E-state index is 12.7. The molecule has 0 saturated carbocycles. The van der Waals surface area contributed by atoms with Crippen LogP contribution in [0.3, 0.4) is 0 Å². The number of Topliss-reactive ketones (excluding diaryl/α,β-unsaturated/α-hetero) is 2. The van der Waals surface area contributed by atoms with Crippen molar-refractivity contribution < 1.29 is 23.7 Å². The van der Waals surface area contributed by atoms with Gasteiger partial charge in [0, 0.05) is 11.3 Å². The van der Waals surface area contributed by atoms with Crippen molar-refractivity contribution in [2.75, 3.05) is 32.7 Å². The number of furan rings is 1. The average Bonchev–Trinajstić information content (AvgIpc) is 3.23. The van der Waals surface area contributed by atoms with Crippen molar-refractivity contribution >= 4 is 17.5 Å². The molecule has 0 atom stereocenters. The van der Waals surface area contributed by atoms with Gasteiger partial charge in [-0.05, 0) is 38.5 Å². The lowest BCUT2D eigenvalue weighted by Gasteiger charge is -2.31. The highest BCUT2D eigenvalue weighted by Crippen LogP contribution is 2.18. The molecule has 2 aromatic rings. The largest absolute Gasteiger partial charge is 0.459 e. The van der Waals surface area contributed by atoms with Crippen LogP contribution in [0.2, 0.25) is 0 Å². The molecule has 2 aromatic heterocycles. The molecule has 7 heteroatoms. The second-order valence-corrected chi connectivity index (χ2v) is 6.80. The van der Waals surface area contributed by atoms with Gasteiger partial charge in [0.05, 0.1) is 38.1 Å². The number of hydrogen-bond acceptors (Lipinski definition) is 4. The van der Waals surface area contributed by atoms with Crippen LogP contribution in [0.4, 0.5) is 0 Å². The summed E-state index contributed by atoms with van der Waals surface area (Å²) in [6.07, 6.45) is 1.49. The Morgan fingerprint density at radius 3 is 2.46 bits per heavy atom. The Hall–Kier alpha value is -2.67. The normalized spacial score (nSPS) is 15.3. The number of ketones is 2. The van der Waals surface area contributed by atoms with Gasteiger partial charge in [-0.2, -0.15) is 0 Å². The van der Waals surface area contributed by atoms with E-state index in [0.717, 1.165) is 16.2 Å². The molecule has 1 fully saturated rings. The molecule has 1 aliphatic rings. The van der Waals surface area contributed by atoms with Gasteiger partial charge in [0.25, 0.3) is 5.91 Å². The van der Waals surface area contributed by atoms with Gasteiger partial charge < -0.3 is 19.2 Å². The quantitative estimate of drug-likeness (QED) is 0.769. The van der Waals surface area contributed by atoms with E-state index in [2.05, 4.69) is 4.98 Å². The highest BCUT2D eigenvalue weighted by Gasteiger charge is 2.28. The molecule has 0 radical (unpaired) electrons. The zero-order valence-corrected chi connectivity index (χ0v) is 15.3. The number of nitrogens with zero attached hydrogens (tertiary/aromatic N) is 1. The molecule has 2 N–H and O–H groups in total. The third-order valence-electron chi connectivity index (χ3n) is 4.97. The van der Waals surface area contributed by atoms with Crippen molar-refractivity contribution in [2.24, 2.45) is 0 Å². The zero-order chi connectivity index (χ0) is 18.8. The fraction of sp³-hybridized carbons (Fsp3) is 0.421. The number of carbonyl (C=O) groups excluding carboxylic acids is 3. The first-order chi connectivity index (χ1) is 12.4. The van der Waals surface area contributed by atoms with Crippen LogP contribution in [0.5, 0.6) is 0 Å². The number of carbonyl (C=O) groups is 3. The zero-order valence-electron chi connectivity index (χ0n) is 15.3. The van der Waals surface area contributed by atoms with Gasteiger partial charge in [0.15, 0.2) is 11.5 Å². The van der Waals surface area contributed by atoms with Gasteiger partial charge in [-0.1, -0.05) is 0 Å². The fourth-order valence-electron chi connectivity index (χ4n) is 3.63. The van der Waals surface area contributed by atoms with Crippen molar-refractivity contribution in [3.63, 3.8) is 0 Å². The van der Waals surface area contributed by atoms with E-state index in [1.165, 1.54) is 13.2 Å². The maximum absolute atomic E-state index is 12.7. The monoisotopic (exact) mass is 358 g/mol. The summed E-state index contributed by atoms with van der Waals surface area (Å²) in [5.74, 6) is 0.202. The molecule has 3 rings (SSSR count). The number of H-pyrrole nitrogens is 1. The second-order valence-electron chi connectivity index (χ2n) is 6.80. The molecule has 0 aromatic carbocycles.